The van der Waals surface area contributed by atoms with E-state index in [0.717, 1.165) is 19.3 Å². The van der Waals surface area contributed by atoms with E-state index in [-0.39, 0.29) is 52.5 Å². The van der Waals surface area contributed by atoms with E-state index in [1.807, 2.05) is 27.7 Å². The molecule has 0 aromatic carbocycles. The Morgan fingerprint density at radius 2 is 2.12 bits per heavy atom. The van der Waals surface area contributed by atoms with Gasteiger partial charge in [-0.1, -0.05) is 32.4 Å². The molecule has 2 heterocycles. The molecule has 1 amide bonds. The van der Waals surface area contributed by atoms with Crippen LogP contribution in [0.4, 0.5) is 0 Å². The van der Waals surface area contributed by atoms with E-state index in [1.165, 1.54) is 4.90 Å². The summed E-state index contributed by atoms with van der Waals surface area (Å²) in [6, 6.07) is -0.473. The Morgan fingerprint density at radius 3 is 2.68 bits per heavy atom. The molecule has 0 radical (unpaired) electrons. The van der Waals surface area contributed by atoms with Crippen LogP contribution in [0.1, 0.15) is 47.0 Å². The van der Waals surface area contributed by atoms with Crippen LogP contribution in [0, 0.1) is 17.8 Å². The minimum absolute atomic E-state index is 0.00463. The molecule has 2 saturated heterocycles. The molecule has 3 rings (SSSR count). The number of hydrogen-bond acceptors (Lipinski definition) is 4. The molecule has 0 spiro atoms. The summed E-state index contributed by atoms with van der Waals surface area (Å²) in [5.41, 5.74) is -0.335. The fourth-order valence-corrected chi connectivity index (χ4v) is 4.44. The second-order valence-corrected chi connectivity index (χ2v) is 7.95. The smallest absolute Gasteiger partial charge is 0.261 e. The molecule has 2 fully saturated rings. The molecule has 5 nitrogen and oxygen atoms in total. The van der Waals surface area contributed by atoms with Crippen molar-refractivity contribution in [2.75, 3.05) is 7.05 Å². The summed E-state index contributed by atoms with van der Waals surface area (Å²) in [4.78, 5) is 27.1. The van der Waals surface area contributed by atoms with Crippen molar-refractivity contribution >= 4 is 11.7 Å². The fourth-order valence-electron chi connectivity index (χ4n) is 4.44. The largest absolute Gasteiger partial charge is 0.511 e. The highest BCUT2D eigenvalue weighted by molar-refractivity contribution is 6.26. The Labute approximate surface area is 149 Å². The molecule has 0 aromatic heterocycles. The van der Waals surface area contributed by atoms with Crippen LogP contribution in [0.5, 0.6) is 0 Å². The number of nitrogens with zero attached hydrogens (tertiary/aromatic N) is 1. The summed E-state index contributed by atoms with van der Waals surface area (Å²) >= 11 is 0. The SMILES string of the molecule is CCC(C)[C@@H]1C(=O)/C(=C(/O)C2CCC=CC2C2(C)OC2C)C(=O)N1C. The topological polar surface area (TPSA) is 70.1 Å². The first-order chi connectivity index (χ1) is 11.7. The Hall–Kier alpha value is -1.62. The molecule has 5 unspecified atom stereocenters. The van der Waals surface area contributed by atoms with E-state index < -0.39 is 6.04 Å². The van der Waals surface area contributed by atoms with Gasteiger partial charge in [-0.15, -0.1) is 0 Å². The third-order valence-corrected chi connectivity index (χ3v) is 6.52. The summed E-state index contributed by atoms with van der Waals surface area (Å²) in [6.07, 6.45) is 6.65. The van der Waals surface area contributed by atoms with E-state index in [9.17, 15) is 14.7 Å². The van der Waals surface area contributed by atoms with Crippen LogP contribution in [0.25, 0.3) is 0 Å². The molecule has 2 aliphatic heterocycles. The second-order valence-electron chi connectivity index (χ2n) is 7.95. The van der Waals surface area contributed by atoms with Crippen LogP contribution < -0.4 is 0 Å². The minimum Gasteiger partial charge on any atom is -0.511 e. The zero-order valence-electron chi connectivity index (χ0n) is 15.8. The fraction of sp³-hybridized carbons (Fsp3) is 0.700. The molecular formula is C20H29NO4. The van der Waals surface area contributed by atoms with Gasteiger partial charge in [0.1, 0.15) is 11.3 Å². The third kappa shape index (κ3) is 2.73. The minimum atomic E-state index is -0.473. The lowest BCUT2D eigenvalue weighted by molar-refractivity contribution is -0.126. The monoisotopic (exact) mass is 347 g/mol. The second kappa shape index (κ2) is 6.27. The molecule has 138 valence electrons. The summed E-state index contributed by atoms with van der Waals surface area (Å²) in [7, 11) is 1.66. The van der Waals surface area contributed by atoms with Gasteiger partial charge in [0.2, 0.25) is 0 Å². The Kier molecular flexibility index (Phi) is 4.56. The van der Waals surface area contributed by atoms with Gasteiger partial charge in [-0.25, -0.2) is 0 Å². The Balaban J connectivity index is 1.97. The predicted octanol–water partition coefficient (Wildman–Crippen LogP) is 3.01. The summed E-state index contributed by atoms with van der Waals surface area (Å²) < 4.78 is 5.77. The van der Waals surface area contributed by atoms with Crippen LogP contribution in [-0.2, 0) is 14.3 Å². The van der Waals surface area contributed by atoms with E-state index in [0.29, 0.717) is 0 Å². The molecule has 0 bridgehead atoms. The number of aliphatic hydroxyl groups is 1. The van der Waals surface area contributed by atoms with Crippen molar-refractivity contribution in [3.05, 3.63) is 23.5 Å². The van der Waals surface area contributed by atoms with Crippen molar-refractivity contribution in [1.82, 2.24) is 4.90 Å². The zero-order valence-corrected chi connectivity index (χ0v) is 15.8. The molecule has 0 aromatic rings. The van der Waals surface area contributed by atoms with Gasteiger partial charge >= 0.3 is 0 Å². The molecular weight excluding hydrogens is 318 g/mol. The molecule has 5 heteroatoms. The van der Waals surface area contributed by atoms with E-state index >= 15 is 0 Å². The van der Waals surface area contributed by atoms with Gasteiger partial charge in [-0.3, -0.25) is 9.59 Å². The number of likely N-dealkylation sites (N-methyl/N-ethyl adjacent to an activating group) is 1. The number of rotatable bonds is 4. The molecule has 25 heavy (non-hydrogen) atoms. The van der Waals surface area contributed by atoms with Crippen LogP contribution in [0.2, 0.25) is 0 Å². The van der Waals surface area contributed by atoms with Crippen molar-refractivity contribution in [2.45, 2.75) is 64.7 Å². The van der Waals surface area contributed by atoms with Crippen molar-refractivity contribution in [2.24, 2.45) is 17.8 Å². The van der Waals surface area contributed by atoms with Gasteiger partial charge in [0.15, 0.2) is 5.78 Å². The normalized spacial score (nSPS) is 41.2. The van der Waals surface area contributed by atoms with Crippen molar-refractivity contribution in [3.63, 3.8) is 0 Å². The van der Waals surface area contributed by atoms with Crippen LogP contribution in [0.15, 0.2) is 23.5 Å². The zero-order chi connectivity index (χ0) is 18.5. The van der Waals surface area contributed by atoms with Crippen molar-refractivity contribution in [3.8, 4) is 0 Å². The van der Waals surface area contributed by atoms with E-state index in [1.54, 1.807) is 7.05 Å². The molecule has 1 aliphatic carbocycles. The van der Waals surface area contributed by atoms with Gasteiger partial charge in [-0.05, 0) is 32.6 Å². The summed E-state index contributed by atoms with van der Waals surface area (Å²) in [6.45, 7) is 8.03. The van der Waals surface area contributed by atoms with Crippen LogP contribution in [0.3, 0.4) is 0 Å². The summed E-state index contributed by atoms with van der Waals surface area (Å²) in [5, 5.41) is 11.0. The number of carbonyl (C=O) groups excluding carboxylic acids is 2. The maximum atomic E-state index is 12.9. The van der Waals surface area contributed by atoms with Gasteiger partial charge < -0.3 is 14.7 Å². The molecule has 6 atom stereocenters. The number of aliphatic hydroxyl groups excluding tert-OH is 1. The quantitative estimate of drug-likeness (QED) is 0.279. The highest BCUT2D eigenvalue weighted by Gasteiger charge is 2.57. The standard InChI is InChI=1S/C20H29NO4/c1-6-11(2)16-18(23)15(19(24)21(16)5)17(22)13-9-7-8-10-14(13)20(4)12(3)25-20/h8,10-14,16,22H,6-7,9H2,1-5H3/b17-15-/t11?,12?,13?,14?,16-,20?/m1/s1. The highest BCUT2D eigenvalue weighted by atomic mass is 16.6. The number of ether oxygens (including phenoxy) is 1. The van der Waals surface area contributed by atoms with Crippen LogP contribution in [-0.4, -0.2) is 46.5 Å². The number of amides is 1. The lowest BCUT2D eigenvalue weighted by Crippen LogP contribution is -2.37. The lowest BCUT2D eigenvalue weighted by Gasteiger charge is -2.31. The molecule has 0 saturated carbocycles. The maximum Gasteiger partial charge on any atom is 0.261 e. The van der Waals surface area contributed by atoms with Crippen molar-refractivity contribution < 1.29 is 19.4 Å². The van der Waals surface area contributed by atoms with E-state index in [2.05, 4.69) is 12.2 Å². The first-order valence-electron chi connectivity index (χ1n) is 9.33. The first-order valence-corrected chi connectivity index (χ1v) is 9.33. The van der Waals surface area contributed by atoms with Crippen molar-refractivity contribution in [1.29, 1.82) is 0 Å². The first kappa shape index (κ1) is 18.2. The van der Waals surface area contributed by atoms with Gasteiger partial charge in [0, 0.05) is 18.9 Å². The molecule has 3 aliphatic rings. The number of epoxide rings is 1. The Morgan fingerprint density at radius 1 is 1.48 bits per heavy atom. The number of allylic oxidation sites excluding steroid dienone is 2. The Bertz CT molecular complexity index is 652. The number of hydrogen-bond donors (Lipinski definition) is 1. The van der Waals surface area contributed by atoms with Crippen LogP contribution >= 0.6 is 0 Å². The predicted molar refractivity (Wildman–Crippen MR) is 95.0 cm³/mol. The maximum absolute atomic E-state index is 12.9. The van der Waals surface area contributed by atoms with Gasteiger partial charge in [0.05, 0.1) is 17.7 Å². The number of carbonyl (C=O) groups is 2. The average Bonchev–Trinajstić information content (AvgIpc) is 3.15. The lowest BCUT2D eigenvalue weighted by atomic mass is 9.73. The molecule has 1 N–H and O–H groups in total. The summed E-state index contributed by atoms with van der Waals surface area (Å²) in [5.74, 6) is -0.813. The van der Waals surface area contributed by atoms with Gasteiger partial charge in [-0.2, -0.15) is 0 Å². The number of likely N-dealkylation sites (tertiary alicyclic amines) is 1. The number of ketones is 1. The van der Waals surface area contributed by atoms with E-state index in [4.69, 9.17) is 4.74 Å². The van der Waals surface area contributed by atoms with Gasteiger partial charge in [0.25, 0.3) is 5.91 Å². The number of Topliss-reactive ketones (excluding diaryl/α,β-unsaturated/α-hetero) is 1. The highest BCUT2D eigenvalue weighted by Crippen LogP contribution is 2.50. The third-order valence-electron chi connectivity index (χ3n) is 6.52. The average molecular weight is 347 g/mol.